The minimum Gasteiger partial charge on any atom is -0.331 e. The van der Waals surface area contributed by atoms with Gasteiger partial charge in [0.1, 0.15) is 5.82 Å². The minimum atomic E-state index is -0.455. The average molecular weight is 563 g/mol. The molecule has 1 saturated carbocycles. The minimum absolute atomic E-state index is 0.0307. The van der Waals surface area contributed by atoms with Gasteiger partial charge in [0.15, 0.2) is 0 Å². The Hall–Kier alpha value is -1.49. The highest BCUT2D eigenvalue weighted by Gasteiger charge is 2.50. The van der Waals surface area contributed by atoms with Crippen molar-refractivity contribution in [3.8, 4) is 0 Å². The van der Waals surface area contributed by atoms with Crippen molar-refractivity contribution in [1.29, 1.82) is 0 Å². The lowest BCUT2D eigenvalue weighted by molar-refractivity contribution is -0.148. The number of piperidine rings is 1. The third-order valence-electron chi connectivity index (χ3n) is 7.82. The molecule has 2 aromatic carbocycles. The molecule has 2 aliphatic rings. The Morgan fingerprint density at radius 3 is 2.46 bits per heavy atom. The van der Waals surface area contributed by atoms with Crippen LogP contribution in [0.4, 0.5) is 4.39 Å². The maximum absolute atomic E-state index is 14.9. The van der Waals surface area contributed by atoms with E-state index in [1.54, 1.807) is 6.07 Å². The van der Waals surface area contributed by atoms with Crippen LogP contribution in [0.1, 0.15) is 76.5 Å². The lowest BCUT2D eigenvalue weighted by Crippen LogP contribution is -2.54. The van der Waals surface area contributed by atoms with E-state index in [0.717, 1.165) is 36.1 Å². The van der Waals surface area contributed by atoms with Crippen LogP contribution in [0, 0.1) is 23.6 Å². The average Bonchev–Trinajstić information content (AvgIpc) is 3.68. The molecule has 0 N–H and O–H groups in total. The molecule has 1 aliphatic heterocycles. The predicted molar refractivity (Wildman–Crippen MR) is 156 cm³/mol. The van der Waals surface area contributed by atoms with E-state index in [9.17, 15) is 9.18 Å². The normalized spacial score (nSPS) is 24.1. The van der Waals surface area contributed by atoms with Crippen molar-refractivity contribution in [2.24, 2.45) is 17.8 Å². The Bertz CT molecular complexity index is 1130. The Balaban J connectivity index is 1.89. The first kappa shape index (κ1) is 28.5. The number of hydrogen-bond donors (Lipinski definition) is 0. The molecule has 1 heterocycles. The monoisotopic (exact) mass is 561 g/mol. The molecule has 2 aromatic rings. The summed E-state index contributed by atoms with van der Waals surface area (Å²) in [4.78, 5) is 16.6. The number of thioether (sulfide) groups is 1. The zero-order chi connectivity index (χ0) is 26.9. The van der Waals surface area contributed by atoms with Crippen LogP contribution >= 0.6 is 35.0 Å². The Kier molecular flexibility index (Phi) is 9.03. The predicted octanol–water partition coefficient (Wildman–Crippen LogP) is 9.33. The summed E-state index contributed by atoms with van der Waals surface area (Å²) in [5, 5.41) is 0.755. The standard InChI is InChI=1S/C31H38Cl2FNOS/c1-6-19(7-2)25-17-24(21-9-8-10-23(32)15-21)29(22-13-14-26(33)27(34)16-22)35(30(25)36)28(20-11-12-20)18-37-31(3,4)5/h6,8-10,13-16,19-20,24-25,28-29H,1,7,11-12,17-18H2,2-5H3/t19?,24-,25-,28-,29-/m1/s1. The van der Waals surface area contributed by atoms with Gasteiger partial charge in [0.25, 0.3) is 0 Å². The van der Waals surface area contributed by atoms with Gasteiger partial charge in [-0.1, -0.05) is 75.2 Å². The highest BCUT2D eigenvalue weighted by molar-refractivity contribution is 8.00. The maximum Gasteiger partial charge on any atom is 0.227 e. The lowest BCUT2D eigenvalue weighted by Gasteiger charge is -2.50. The van der Waals surface area contributed by atoms with Gasteiger partial charge in [-0.2, -0.15) is 11.8 Å². The van der Waals surface area contributed by atoms with Crippen molar-refractivity contribution in [2.75, 3.05) is 5.75 Å². The molecule has 1 amide bonds. The third-order valence-corrected chi connectivity index (χ3v) is 9.74. The van der Waals surface area contributed by atoms with Crippen LogP contribution in [0.2, 0.25) is 10.0 Å². The lowest BCUT2D eigenvalue weighted by atomic mass is 9.71. The first-order valence-corrected chi connectivity index (χ1v) is 15.1. The van der Waals surface area contributed by atoms with Crippen molar-refractivity contribution < 1.29 is 9.18 Å². The number of benzene rings is 2. The molecule has 0 aromatic heterocycles. The summed E-state index contributed by atoms with van der Waals surface area (Å²) in [6.07, 6.45) is 5.69. The fourth-order valence-corrected chi connectivity index (χ4v) is 7.19. The summed E-state index contributed by atoms with van der Waals surface area (Å²) in [7, 11) is 0. The van der Waals surface area contributed by atoms with Crippen LogP contribution in [-0.2, 0) is 4.79 Å². The summed E-state index contributed by atoms with van der Waals surface area (Å²) in [6.45, 7) is 12.8. The Morgan fingerprint density at radius 2 is 1.89 bits per heavy atom. The van der Waals surface area contributed by atoms with Crippen molar-refractivity contribution in [2.45, 2.75) is 76.1 Å². The first-order chi connectivity index (χ1) is 17.5. The van der Waals surface area contributed by atoms with E-state index in [4.69, 9.17) is 23.2 Å². The van der Waals surface area contributed by atoms with Gasteiger partial charge in [0, 0.05) is 33.4 Å². The van der Waals surface area contributed by atoms with E-state index in [0.29, 0.717) is 17.4 Å². The summed E-state index contributed by atoms with van der Waals surface area (Å²) < 4.78 is 14.9. The highest BCUT2D eigenvalue weighted by atomic mass is 35.5. The van der Waals surface area contributed by atoms with Crippen molar-refractivity contribution in [1.82, 2.24) is 4.90 Å². The molecular weight excluding hydrogens is 524 g/mol. The molecule has 2 nitrogen and oxygen atoms in total. The van der Waals surface area contributed by atoms with E-state index in [1.165, 1.54) is 6.07 Å². The molecule has 5 atom stereocenters. The van der Waals surface area contributed by atoms with Gasteiger partial charge in [-0.05, 0) is 72.9 Å². The number of amides is 1. The largest absolute Gasteiger partial charge is 0.331 e. The SMILES string of the molecule is C=CC(CC)[C@H]1C[C@H](c2cccc(Cl)c2)[C@@H](c2ccc(Cl)c(F)c2)N([C@H](CSC(C)(C)C)C2CC2)C1=O. The summed E-state index contributed by atoms with van der Waals surface area (Å²) in [5.41, 5.74) is 1.86. The van der Waals surface area contributed by atoms with Crippen LogP contribution in [0.25, 0.3) is 0 Å². The second kappa shape index (κ2) is 11.7. The molecule has 0 radical (unpaired) electrons. The topological polar surface area (TPSA) is 20.3 Å². The molecule has 1 saturated heterocycles. The molecule has 4 rings (SSSR count). The molecule has 0 spiro atoms. The van der Waals surface area contributed by atoms with Crippen molar-refractivity contribution >= 4 is 40.9 Å². The molecule has 6 heteroatoms. The van der Waals surface area contributed by atoms with E-state index >= 15 is 0 Å². The smallest absolute Gasteiger partial charge is 0.227 e. The summed E-state index contributed by atoms with van der Waals surface area (Å²) >= 11 is 14.5. The third kappa shape index (κ3) is 6.57. The van der Waals surface area contributed by atoms with Gasteiger partial charge in [-0.25, -0.2) is 4.39 Å². The van der Waals surface area contributed by atoms with Crippen LogP contribution in [0.5, 0.6) is 0 Å². The molecule has 200 valence electrons. The number of carbonyl (C=O) groups is 1. The number of hydrogen-bond acceptors (Lipinski definition) is 2. The number of nitrogens with zero attached hydrogens (tertiary/aromatic N) is 1. The Labute approximate surface area is 236 Å². The van der Waals surface area contributed by atoms with Crippen molar-refractivity contribution in [3.63, 3.8) is 0 Å². The zero-order valence-corrected chi connectivity index (χ0v) is 24.6. The van der Waals surface area contributed by atoms with Crippen LogP contribution in [0.15, 0.2) is 55.1 Å². The quantitative estimate of drug-likeness (QED) is 0.284. The van der Waals surface area contributed by atoms with Gasteiger partial charge >= 0.3 is 0 Å². The molecular formula is C31H38Cl2FNOS. The molecule has 2 fully saturated rings. The first-order valence-electron chi connectivity index (χ1n) is 13.3. The van der Waals surface area contributed by atoms with E-state index < -0.39 is 5.82 Å². The molecule has 1 unspecified atom stereocenters. The van der Waals surface area contributed by atoms with Crippen LogP contribution in [-0.4, -0.2) is 27.3 Å². The van der Waals surface area contributed by atoms with Gasteiger partial charge in [0.05, 0.1) is 11.1 Å². The van der Waals surface area contributed by atoms with Crippen molar-refractivity contribution in [3.05, 3.63) is 82.1 Å². The van der Waals surface area contributed by atoms with Gasteiger partial charge in [0.2, 0.25) is 5.91 Å². The zero-order valence-electron chi connectivity index (χ0n) is 22.2. The van der Waals surface area contributed by atoms with E-state index in [1.807, 2.05) is 42.1 Å². The Morgan fingerprint density at radius 1 is 1.16 bits per heavy atom. The number of carbonyl (C=O) groups excluding carboxylic acids is 1. The van der Waals surface area contributed by atoms with E-state index in [2.05, 4.69) is 45.2 Å². The number of allylic oxidation sites excluding steroid dienone is 1. The van der Waals surface area contributed by atoms with Crippen LogP contribution in [0.3, 0.4) is 0 Å². The van der Waals surface area contributed by atoms with Crippen LogP contribution < -0.4 is 0 Å². The van der Waals surface area contributed by atoms with Gasteiger partial charge in [-0.15, -0.1) is 6.58 Å². The summed E-state index contributed by atoms with van der Waals surface area (Å²) in [6, 6.07) is 12.7. The fourth-order valence-electron chi connectivity index (χ4n) is 5.77. The molecule has 37 heavy (non-hydrogen) atoms. The van der Waals surface area contributed by atoms with E-state index in [-0.39, 0.29) is 45.5 Å². The number of rotatable bonds is 9. The fraction of sp³-hybridized carbons (Fsp3) is 0.516. The number of likely N-dealkylation sites (tertiary alicyclic amines) is 1. The molecule has 1 aliphatic carbocycles. The second-order valence-corrected chi connectivity index (χ2v) is 14.2. The second-order valence-electron chi connectivity index (χ2n) is 11.5. The van der Waals surface area contributed by atoms with Gasteiger partial charge in [-0.3, -0.25) is 4.79 Å². The van der Waals surface area contributed by atoms with Gasteiger partial charge < -0.3 is 4.90 Å². The number of halogens is 3. The summed E-state index contributed by atoms with van der Waals surface area (Å²) in [5.74, 6) is 0.889. The highest BCUT2D eigenvalue weighted by Crippen LogP contribution is 2.52. The molecule has 0 bridgehead atoms. The maximum atomic E-state index is 14.9.